The topological polar surface area (TPSA) is 47.3 Å². The van der Waals surface area contributed by atoms with E-state index in [-0.39, 0.29) is 0 Å². The van der Waals surface area contributed by atoms with Gasteiger partial charge in [-0.15, -0.1) is 0 Å². The van der Waals surface area contributed by atoms with Gasteiger partial charge in [0.05, 0.1) is 7.11 Å². The zero-order valence-electron chi connectivity index (χ0n) is 12.8. The van der Waals surface area contributed by atoms with E-state index in [1.165, 1.54) is 37.7 Å². The Balaban J connectivity index is 2.04. The number of ether oxygens (including phenoxy) is 1. The maximum Gasteiger partial charge on any atom is 0.122 e. The molecule has 3 unspecified atom stereocenters. The lowest BCUT2D eigenvalue weighted by Gasteiger charge is -2.34. The third kappa shape index (κ3) is 3.74. The maximum atomic E-state index is 5.84. The molecular weight excluding hydrogens is 248 g/mol. The Kier molecular flexibility index (Phi) is 5.86. The molecule has 20 heavy (non-hydrogen) atoms. The van der Waals surface area contributed by atoms with Gasteiger partial charge in [-0.1, -0.05) is 44.4 Å². The van der Waals surface area contributed by atoms with Crippen molar-refractivity contribution < 1.29 is 4.74 Å². The van der Waals surface area contributed by atoms with Gasteiger partial charge in [-0.3, -0.25) is 11.3 Å². The van der Waals surface area contributed by atoms with Crippen LogP contribution in [0.3, 0.4) is 0 Å². The number of benzene rings is 1. The van der Waals surface area contributed by atoms with Crippen molar-refractivity contribution in [2.75, 3.05) is 7.11 Å². The molecular formula is C17H28N2O. The van der Waals surface area contributed by atoms with Gasteiger partial charge in [0.1, 0.15) is 5.75 Å². The molecule has 0 bridgehead atoms. The lowest BCUT2D eigenvalue weighted by atomic mass is 9.75. The van der Waals surface area contributed by atoms with E-state index < -0.39 is 0 Å². The van der Waals surface area contributed by atoms with E-state index in [9.17, 15) is 0 Å². The predicted octanol–water partition coefficient (Wildman–Crippen LogP) is 3.29. The van der Waals surface area contributed by atoms with Gasteiger partial charge in [0.15, 0.2) is 0 Å². The Bertz CT molecular complexity index is 408. The molecule has 1 aliphatic rings. The summed E-state index contributed by atoms with van der Waals surface area (Å²) < 4.78 is 5.45. The van der Waals surface area contributed by atoms with Crippen LogP contribution in [0.5, 0.6) is 5.75 Å². The number of hydrogen-bond acceptors (Lipinski definition) is 3. The number of hydrogen-bond donors (Lipinski definition) is 2. The largest absolute Gasteiger partial charge is 0.496 e. The molecule has 3 N–H and O–H groups in total. The molecule has 0 radical (unpaired) electrons. The van der Waals surface area contributed by atoms with Gasteiger partial charge in [0.25, 0.3) is 0 Å². The van der Waals surface area contributed by atoms with Crippen LogP contribution in [0.4, 0.5) is 0 Å². The van der Waals surface area contributed by atoms with Crippen LogP contribution in [-0.4, -0.2) is 13.2 Å². The summed E-state index contributed by atoms with van der Waals surface area (Å²) in [5, 5.41) is 0. The number of nitrogens with one attached hydrogen (secondary N) is 1. The van der Waals surface area contributed by atoms with Gasteiger partial charge in [0, 0.05) is 6.04 Å². The van der Waals surface area contributed by atoms with Crippen LogP contribution >= 0.6 is 0 Å². The second kappa shape index (κ2) is 7.65. The zero-order chi connectivity index (χ0) is 14.4. The smallest absolute Gasteiger partial charge is 0.122 e. The van der Waals surface area contributed by atoms with E-state index in [4.69, 9.17) is 10.6 Å². The fourth-order valence-electron chi connectivity index (χ4n) is 3.54. The highest BCUT2D eigenvalue weighted by molar-refractivity contribution is 5.33. The second-order valence-corrected chi connectivity index (χ2v) is 5.99. The highest BCUT2D eigenvalue weighted by Crippen LogP contribution is 2.34. The van der Waals surface area contributed by atoms with Gasteiger partial charge in [0.2, 0.25) is 0 Å². The minimum absolute atomic E-state index is 0.348. The molecule has 0 aromatic heterocycles. The van der Waals surface area contributed by atoms with Crippen LogP contribution in [0.15, 0.2) is 24.3 Å². The molecule has 0 amide bonds. The predicted molar refractivity (Wildman–Crippen MR) is 83.5 cm³/mol. The van der Waals surface area contributed by atoms with Crippen molar-refractivity contribution in [1.82, 2.24) is 5.43 Å². The molecule has 112 valence electrons. The lowest BCUT2D eigenvalue weighted by Crippen LogP contribution is -2.44. The van der Waals surface area contributed by atoms with Crippen LogP contribution in [-0.2, 0) is 6.42 Å². The zero-order valence-corrected chi connectivity index (χ0v) is 12.8. The van der Waals surface area contributed by atoms with Crippen LogP contribution in [0.25, 0.3) is 0 Å². The minimum atomic E-state index is 0.348. The van der Waals surface area contributed by atoms with E-state index in [0.29, 0.717) is 12.0 Å². The first-order valence-corrected chi connectivity index (χ1v) is 7.86. The van der Waals surface area contributed by atoms with E-state index in [1.807, 2.05) is 12.1 Å². The first-order chi connectivity index (χ1) is 9.78. The quantitative estimate of drug-likeness (QED) is 0.619. The van der Waals surface area contributed by atoms with Crippen LogP contribution in [0.2, 0.25) is 0 Å². The van der Waals surface area contributed by atoms with Crippen molar-refractivity contribution in [2.24, 2.45) is 17.7 Å². The highest BCUT2D eigenvalue weighted by Gasteiger charge is 2.27. The molecule has 0 heterocycles. The molecule has 0 saturated heterocycles. The first kappa shape index (κ1) is 15.3. The number of rotatable bonds is 6. The van der Waals surface area contributed by atoms with Crippen molar-refractivity contribution >= 4 is 0 Å². The third-order valence-corrected chi connectivity index (χ3v) is 4.82. The Morgan fingerprint density at radius 3 is 2.85 bits per heavy atom. The average molecular weight is 276 g/mol. The fraction of sp³-hybridized carbons (Fsp3) is 0.647. The first-order valence-electron chi connectivity index (χ1n) is 7.86. The summed E-state index contributed by atoms with van der Waals surface area (Å²) in [6, 6.07) is 8.60. The normalized spacial score (nSPS) is 24.4. The summed E-state index contributed by atoms with van der Waals surface area (Å²) in [6.45, 7) is 2.30. The van der Waals surface area contributed by atoms with Crippen molar-refractivity contribution in [3.05, 3.63) is 29.8 Å². The number of hydrazine groups is 1. The van der Waals surface area contributed by atoms with Crippen LogP contribution in [0.1, 0.15) is 44.6 Å². The van der Waals surface area contributed by atoms with Gasteiger partial charge in [-0.2, -0.15) is 0 Å². The maximum absolute atomic E-state index is 5.84. The molecule has 3 nitrogen and oxygen atoms in total. The molecule has 0 aliphatic heterocycles. The second-order valence-electron chi connectivity index (χ2n) is 5.99. The lowest BCUT2D eigenvalue weighted by molar-refractivity contribution is 0.207. The molecule has 2 rings (SSSR count). The minimum Gasteiger partial charge on any atom is -0.496 e. The molecule has 1 fully saturated rings. The summed E-state index contributed by atoms with van der Waals surface area (Å²) in [6.07, 6.45) is 7.57. The van der Waals surface area contributed by atoms with Gasteiger partial charge >= 0.3 is 0 Å². The average Bonchev–Trinajstić information content (AvgIpc) is 2.53. The number of methoxy groups -OCH3 is 1. The number of nitrogens with two attached hydrogens (primary N) is 1. The van der Waals surface area contributed by atoms with Crippen LogP contribution in [0, 0.1) is 11.8 Å². The SMILES string of the molecule is CCC1CCCC(C(Cc2ccccc2OC)NN)C1. The Morgan fingerprint density at radius 2 is 2.15 bits per heavy atom. The van der Waals surface area contributed by atoms with E-state index in [0.717, 1.165) is 18.1 Å². The Morgan fingerprint density at radius 1 is 1.35 bits per heavy atom. The Labute approximate surface area is 122 Å². The Hall–Kier alpha value is -1.06. The van der Waals surface area contributed by atoms with Crippen molar-refractivity contribution in [2.45, 2.75) is 51.5 Å². The molecule has 0 spiro atoms. The summed E-state index contributed by atoms with van der Waals surface area (Å²) in [5.74, 6) is 8.37. The summed E-state index contributed by atoms with van der Waals surface area (Å²) in [5.41, 5.74) is 4.31. The van der Waals surface area contributed by atoms with Gasteiger partial charge in [-0.05, 0) is 42.7 Å². The van der Waals surface area contributed by atoms with Gasteiger partial charge < -0.3 is 4.74 Å². The van der Waals surface area contributed by atoms with E-state index in [1.54, 1.807) is 7.11 Å². The van der Waals surface area contributed by atoms with Crippen LogP contribution < -0.4 is 16.0 Å². The van der Waals surface area contributed by atoms with E-state index >= 15 is 0 Å². The van der Waals surface area contributed by atoms with Gasteiger partial charge in [-0.25, -0.2) is 0 Å². The summed E-state index contributed by atoms with van der Waals surface area (Å²) in [4.78, 5) is 0. The molecule has 1 saturated carbocycles. The van der Waals surface area contributed by atoms with Crippen molar-refractivity contribution in [1.29, 1.82) is 0 Å². The highest BCUT2D eigenvalue weighted by atomic mass is 16.5. The van der Waals surface area contributed by atoms with E-state index in [2.05, 4.69) is 24.5 Å². The standard InChI is InChI=1S/C17H28N2O/c1-3-13-7-6-9-14(11-13)16(19-18)12-15-8-4-5-10-17(15)20-2/h4-5,8,10,13-14,16,19H,3,6-7,9,11-12,18H2,1-2H3. The molecule has 1 aromatic carbocycles. The molecule has 3 atom stereocenters. The van der Waals surface area contributed by atoms with Crippen molar-refractivity contribution in [3.8, 4) is 5.75 Å². The summed E-state index contributed by atoms with van der Waals surface area (Å²) in [7, 11) is 1.73. The summed E-state index contributed by atoms with van der Waals surface area (Å²) >= 11 is 0. The third-order valence-electron chi connectivity index (χ3n) is 4.82. The fourth-order valence-corrected chi connectivity index (χ4v) is 3.54. The molecule has 1 aromatic rings. The monoisotopic (exact) mass is 276 g/mol. The molecule has 3 heteroatoms. The number of para-hydroxylation sites is 1. The van der Waals surface area contributed by atoms with Crippen molar-refractivity contribution in [3.63, 3.8) is 0 Å². The molecule has 1 aliphatic carbocycles.